The first-order valence-electron chi connectivity index (χ1n) is 7.17. The zero-order chi connectivity index (χ0) is 12.8. The maximum Gasteiger partial charge on any atom is 0.123 e. The highest BCUT2D eigenvalue weighted by Gasteiger charge is 2.24. The molecule has 0 aliphatic heterocycles. The molecule has 0 spiro atoms. The fourth-order valence-electron chi connectivity index (χ4n) is 2.89. The molecular formula is C16H18N2S. The lowest BCUT2D eigenvalue weighted by atomic mass is 9.99. The van der Waals surface area contributed by atoms with E-state index >= 15 is 0 Å². The van der Waals surface area contributed by atoms with Gasteiger partial charge in [0.2, 0.25) is 0 Å². The molecule has 2 aromatic rings. The lowest BCUT2D eigenvalue weighted by Gasteiger charge is -2.15. The second-order valence-electron chi connectivity index (χ2n) is 5.72. The molecule has 2 aliphatic rings. The molecule has 2 nitrogen and oxygen atoms in total. The van der Waals surface area contributed by atoms with E-state index in [1.165, 1.54) is 35.3 Å². The first-order chi connectivity index (χ1) is 9.31. The Kier molecular flexibility index (Phi) is 2.71. The number of rotatable bonds is 2. The molecule has 1 aromatic carbocycles. The summed E-state index contributed by atoms with van der Waals surface area (Å²) in [6, 6.07) is 9.15. The lowest BCUT2D eigenvalue weighted by Crippen LogP contribution is -2.16. The van der Waals surface area contributed by atoms with Gasteiger partial charge in [0.1, 0.15) is 5.01 Å². The maximum absolute atomic E-state index is 6.15. The first-order valence-corrected chi connectivity index (χ1v) is 7.98. The first kappa shape index (κ1) is 11.6. The van der Waals surface area contributed by atoms with Gasteiger partial charge in [0.15, 0.2) is 0 Å². The van der Waals surface area contributed by atoms with E-state index in [0.29, 0.717) is 0 Å². The molecule has 98 valence electrons. The quantitative estimate of drug-likeness (QED) is 0.895. The van der Waals surface area contributed by atoms with Gasteiger partial charge in [-0.25, -0.2) is 4.98 Å². The zero-order valence-electron chi connectivity index (χ0n) is 10.9. The molecule has 1 atom stereocenters. The van der Waals surface area contributed by atoms with Crippen LogP contribution in [0.5, 0.6) is 0 Å². The Morgan fingerprint density at radius 1 is 1.11 bits per heavy atom. The number of aromatic nitrogens is 1. The van der Waals surface area contributed by atoms with Crippen LogP contribution in [-0.2, 0) is 6.42 Å². The van der Waals surface area contributed by atoms with Crippen molar-refractivity contribution in [3.05, 3.63) is 40.4 Å². The summed E-state index contributed by atoms with van der Waals surface area (Å²) in [5.74, 6) is 0.826. The molecule has 0 amide bonds. The van der Waals surface area contributed by atoms with Crippen LogP contribution in [0.15, 0.2) is 24.3 Å². The van der Waals surface area contributed by atoms with E-state index in [0.717, 1.165) is 29.5 Å². The van der Waals surface area contributed by atoms with Crippen LogP contribution in [0.1, 0.15) is 53.8 Å². The number of benzene rings is 1. The molecule has 4 rings (SSSR count). The smallest absolute Gasteiger partial charge is 0.123 e. The fraction of sp³-hybridized carbons (Fsp3) is 0.438. The monoisotopic (exact) mass is 270 g/mol. The molecule has 1 saturated carbocycles. The highest BCUT2D eigenvalue weighted by atomic mass is 32.1. The third-order valence-corrected chi connectivity index (χ3v) is 5.38. The topological polar surface area (TPSA) is 38.9 Å². The van der Waals surface area contributed by atoms with E-state index in [2.05, 4.69) is 24.3 Å². The van der Waals surface area contributed by atoms with Gasteiger partial charge in [-0.1, -0.05) is 24.3 Å². The number of thiazole rings is 1. The minimum absolute atomic E-state index is 0.152. The van der Waals surface area contributed by atoms with Crippen LogP contribution in [0, 0.1) is 0 Å². The Labute approximate surface area is 117 Å². The van der Waals surface area contributed by atoms with Crippen LogP contribution >= 0.6 is 11.3 Å². The van der Waals surface area contributed by atoms with Crippen LogP contribution < -0.4 is 5.73 Å². The Morgan fingerprint density at radius 2 is 1.89 bits per heavy atom. The predicted octanol–water partition coefficient (Wildman–Crippen LogP) is 4.02. The van der Waals surface area contributed by atoms with Crippen molar-refractivity contribution in [2.24, 2.45) is 5.73 Å². The van der Waals surface area contributed by atoms with Gasteiger partial charge in [0.25, 0.3) is 0 Å². The molecule has 1 unspecified atom stereocenters. The molecule has 1 aromatic heterocycles. The van der Waals surface area contributed by atoms with Crippen LogP contribution in [0.3, 0.4) is 0 Å². The van der Waals surface area contributed by atoms with Crippen LogP contribution in [0.4, 0.5) is 0 Å². The normalized spacial score (nSPS) is 22.3. The van der Waals surface area contributed by atoms with E-state index < -0.39 is 0 Å². The average Bonchev–Trinajstić information content (AvgIpc) is 3.19. The summed E-state index contributed by atoms with van der Waals surface area (Å²) in [6.07, 6.45) is 6.16. The van der Waals surface area contributed by atoms with Crippen molar-refractivity contribution in [2.75, 3.05) is 0 Å². The fourth-order valence-corrected chi connectivity index (χ4v) is 4.07. The number of nitrogens with two attached hydrogens (primary N) is 1. The summed E-state index contributed by atoms with van der Waals surface area (Å²) in [5.41, 5.74) is 10.0. The summed E-state index contributed by atoms with van der Waals surface area (Å²) in [6.45, 7) is 0. The van der Waals surface area contributed by atoms with E-state index in [-0.39, 0.29) is 6.04 Å². The van der Waals surface area contributed by atoms with Crippen LogP contribution in [-0.4, -0.2) is 4.98 Å². The van der Waals surface area contributed by atoms with Gasteiger partial charge in [-0.15, -0.1) is 11.3 Å². The molecular weight excluding hydrogens is 252 g/mol. The number of hydrogen-bond acceptors (Lipinski definition) is 3. The Balaban J connectivity index is 1.67. The van der Waals surface area contributed by atoms with Crippen LogP contribution in [0.25, 0.3) is 10.6 Å². The third-order valence-electron chi connectivity index (χ3n) is 4.20. The Morgan fingerprint density at radius 3 is 2.58 bits per heavy atom. The van der Waals surface area contributed by atoms with Gasteiger partial charge in [-0.2, -0.15) is 0 Å². The number of aryl methyl sites for hydroxylation is 1. The summed E-state index contributed by atoms with van der Waals surface area (Å²) >= 11 is 1.83. The SMILES string of the molecule is NC1CCCc2sc(-c3ccc(C4CC4)cc3)nc21. The predicted molar refractivity (Wildman–Crippen MR) is 79.4 cm³/mol. The zero-order valence-corrected chi connectivity index (χ0v) is 11.7. The van der Waals surface area contributed by atoms with Crippen molar-refractivity contribution < 1.29 is 0 Å². The van der Waals surface area contributed by atoms with Crippen molar-refractivity contribution in [3.63, 3.8) is 0 Å². The molecule has 19 heavy (non-hydrogen) atoms. The van der Waals surface area contributed by atoms with Gasteiger partial charge in [0, 0.05) is 16.5 Å². The molecule has 0 bridgehead atoms. The minimum atomic E-state index is 0.152. The third kappa shape index (κ3) is 2.11. The molecule has 1 fully saturated rings. The number of hydrogen-bond donors (Lipinski definition) is 1. The van der Waals surface area contributed by atoms with E-state index in [1.54, 1.807) is 0 Å². The van der Waals surface area contributed by atoms with Gasteiger partial charge in [-0.3, -0.25) is 0 Å². The van der Waals surface area contributed by atoms with Gasteiger partial charge in [0.05, 0.1) is 5.69 Å². The van der Waals surface area contributed by atoms with Crippen molar-refractivity contribution in [1.29, 1.82) is 0 Å². The van der Waals surface area contributed by atoms with E-state index in [9.17, 15) is 0 Å². The summed E-state index contributed by atoms with van der Waals surface area (Å²) in [4.78, 5) is 6.19. The molecule has 0 radical (unpaired) electrons. The van der Waals surface area contributed by atoms with Crippen molar-refractivity contribution in [1.82, 2.24) is 4.98 Å². The van der Waals surface area contributed by atoms with E-state index in [1.807, 2.05) is 11.3 Å². The highest BCUT2D eigenvalue weighted by Crippen LogP contribution is 2.41. The van der Waals surface area contributed by atoms with Gasteiger partial charge < -0.3 is 5.73 Å². The molecule has 3 heteroatoms. The standard InChI is InChI=1S/C16H18N2S/c17-13-2-1-3-14-15(13)18-16(19-14)12-8-6-11(7-9-12)10-4-5-10/h6-10,13H,1-5,17H2. The van der Waals surface area contributed by atoms with Gasteiger partial charge in [-0.05, 0) is 43.6 Å². The average molecular weight is 270 g/mol. The number of nitrogens with zero attached hydrogens (tertiary/aromatic N) is 1. The minimum Gasteiger partial charge on any atom is -0.323 e. The largest absolute Gasteiger partial charge is 0.323 e. The van der Waals surface area contributed by atoms with Crippen molar-refractivity contribution in [3.8, 4) is 10.6 Å². The van der Waals surface area contributed by atoms with Crippen LogP contribution in [0.2, 0.25) is 0 Å². The summed E-state index contributed by atoms with van der Waals surface area (Å²) in [5, 5.41) is 1.14. The summed E-state index contributed by atoms with van der Waals surface area (Å²) in [7, 11) is 0. The maximum atomic E-state index is 6.15. The summed E-state index contributed by atoms with van der Waals surface area (Å²) < 4.78 is 0. The van der Waals surface area contributed by atoms with Gasteiger partial charge >= 0.3 is 0 Å². The number of fused-ring (bicyclic) bond motifs is 1. The van der Waals surface area contributed by atoms with E-state index in [4.69, 9.17) is 10.7 Å². The van der Waals surface area contributed by atoms with Crippen molar-refractivity contribution >= 4 is 11.3 Å². The van der Waals surface area contributed by atoms with Crippen molar-refractivity contribution in [2.45, 2.75) is 44.1 Å². The Bertz CT molecular complexity index is 596. The second kappa shape index (κ2) is 4.43. The second-order valence-corrected chi connectivity index (χ2v) is 6.81. The molecule has 1 heterocycles. The highest BCUT2D eigenvalue weighted by molar-refractivity contribution is 7.15. The molecule has 2 aliphatic carbocycles. The Hall–Kier alpha value is -1.19. The lowest BCUT2D eigenvalue weighted by molar-refractivity contribution is 0.564. The molecule has 2 N–H and O–H groups in total. The molecule has 0 saturated heterocycles.